The van der Waals surface area contributed by atoms with Crippen LogP contribution in [0.1, 0.15) is 5.69 Å². The molecule has 0 aliphatic heterocycles. The Morgan fingerprint density at radius 3 is 2.67 bits per heavy atom. The van der Waals surface area contributed by atoms with E-state index in [0.29, 0.717) is 11.3 Å². The Hall–Kier alpha value is -1.67. The molecule has 0 atom stereocenters. The molecule has 2 aromatic rings. The van der Waals surface area contributed by atoms with Gasteiger partial charge in [-0.05, 0) is 25.1 Å². The topological polar surface area (TPSA) is 79.0 Å². The van der Waals surface area contributed by atoms with Crippen LogP contribution in [0.4, 0.5) is 10.1 Å². The number of aromatic nitrogens is 1. The fourth-order valence-electron chi connectivity index (χ4n) is 1.40. The van der Waals surface area contributed by atoms with Gasteiger partial charge in [0.25, 0.3) is 10.0 Å². The zero-order valence-electron chi connectivity index (χ0n) is 9.23. The second-order valence-electron chi connectivity index (χ2n) is 3.54. The van der Waals surface area contributed by atoms with Gasteiger partial charge in [-0.15, -0.1) is 0 Å². The molecule has 0 amide bonds. The van der Waals surface area contributed by atoms with E-state index in [9.17, 15) is 17.6 Å². The van der Waals surface area contributed by atoms with Gasteiger partial charge in [0.2, 0.25) is 0 Å². The number of hydrogen-bond donors (Lipinski definition) is 2. The lowest BCUT2D eigenvalue weighted by Crippen LogP contribution is -2.12. The Labute approximate surface area is 106 Å². The van der Waals surface area contributed by atoms with Gasteiger partial charge in [-0.2, -0.15) is 0 Å². The molecule has 8 heteroatoms. The summed E-state index contributed by atoms with van der Waals surface area (Å²) in [6, 6.07) is 5.07. The van der Waals surface area contributed by atoms with Crippen LogP contribution in [0, 0.1) is 12.7 Å². The molecule has 2 rings (SSSR count). The molecule has 0 unspecified atom stereocenters. The van der Waals surface area contributed by atoms with Gasteiger partial charge < -0.3 is 4.98 Å². The van der Waals surface area contributed by atoms with E-state index >= 15 is 0 Å². The van der Waals surface area contributed by atoms with E-state index in [1.807, 2.05) is 0 Å². The monoisotopic (exact) mass is 288 g/mol. The minimum atomic E-state index is -3.87. The summed E-state index contributed by atoms with van der Waals surface area (Å²) in [7, 11) is -3.87. The van der Waals surface area contributed by atoms with Crippen molar-refractivity contribution in [2.45, 2.75) is 11.1 Å². The van der Waals surface area contributed by atoms with Crippen molar-refractivity contribution in [3.05, 3.63) is 45.4 Å². The molecule has 0 spiro atoms. The van der Waals surface area contributed by atoms with E-state index in [1.165, 1.54) is 25.1 Å². The fraction of sp³-hybridized carbons (Fsp3) is 0.100. The zero-order chi connectivity index (χ0) is 13.3. The Morgan fingerprint density at radius 2 is 2.11 bits per heavy atom. The highest BCUT2D eigenvalue weighted by Gasteiger charge is 2.20. The molecular formula is C10H9FN2O3S2. The van der Waals surface area contributed by atoms with Crippen LogP contribution in [0.3, 0.4) is 0 Å². The SMILES string of the molecule is Cc1[nH]c(=O)sc1S(=O)(=O)Nc1cccc(F)c1. The maximum Gasteiger partial charge on any atom is 0.306 e. The largest absolute Gasteiger partial charge is 0.315 e. The number of anilines is 1. The number of benzene rings is 1. The maximum absolute atomic E-state index is 12.9. The summed E-state index contributed by atoms with van der Waals surface area (Å²) in [6.45, 7) is 1.48. The minimum absolute atomic E-state index is 0.100. The Morgan fingerprint density at radius 1 is 1.39 bits per heavy atom. The molecule has 0 saturated carbocycles. The summed E-state index contributed by atoms with van der Waals surface area (Å²) in [6.07, 6.45) is 0. The first kappa shape index (κ1) is 12.8. The molecule has 0 saturated heterocycles. The number of sulfonamides is 1. The van der Waals surface area contributed by atoms with Crippen molar-refractivity contribution in [3.8, 4) is 0 Å². The third kappa shape index (κ3) is 2.59. The van der Waals surface area contributed by atoms with Crippen LogP contribution >= 0.6 is 11.3 Å². The van der Waals surface area contributed by atoms with E-state index in [4.69, 9.17) is 0 Å². The van der Waals surface area contributed by atoms with E-state index in [-0.39, 0.29) is 15.6 Å². The first-order valence-corrected chi connectivity index (χ1v) is 7.16. The van der Waals surface area contributed by atoms with Crippen molar-refractivity contribution in [1.82, 2.24) is 4.98 Å². The Bertz CT molecular complexity index is 734. The molecule has 18 heavy (non-hydrogen) atoms. The predicted molar refractivity (Wildman–Crippen MR) is 66.9 cm³/mol. The highest BCUT2D eigenvalue weighted by atomic mass is 32.2. The molecular weight excluding hydrogens is 279 g/mol. The first-order chi connectivity index (χ1) is 8.38. The lowest BCUT2D eigenvalue weighted by molar-refractivity contribution is 0.602. The second-order valence-corrected chi connectivity index (χ2v) is 6.40. The Balaban J connectivity index is 2.39. The van der Waals surface area contributed by atoms with Gasteiger partial charge in [-0.25, -0.2) is 12.8 Å². The van der Waals surface area contributed by atoms with Crippen LogP contribution < -0.4 is 9.60 Å². The number of rotatable bonds is 3. The number of hydrogen-bond acceptors (Lipinski definition) is 4. The van der Waals surface area contributed by atoms with Crippen molar-refractivity contribution in [2.75, 3.05) is 4.72 Å². The summed E-state index contributed by atoms with van der Waals surface area (Å²) < 4.78 is 39.0. The third-order valence-corrected chi connectivity index (χ3v) is 5.09. The minimum Gasteiger partial charge on any atom is -0.315 e. The van der Waals surface area contributed by atoms with Crippen LogP contribution in [-0.4, -0.2) is 13.4 Å². The number of thiazole rings is 1. The average molecular weight is 288 g/mol. The van der Waals surface area contributed by atoms with Crippen LogP contribution in [0.15, 0.2) is 33.3 Å². The summed E-state index contributed by atoms with van der Waals surface area (Å²) in [4.78, 5) is 13.0. The van der Waals surface area contributed by atoms with Gasteiger partial charge in [-0.3, -0.25) is 9.52 Å². The molecule has 0 aliphatic rings. The van der Waals surface area contributed by atoms with E-state index < -0.39 is 20.7 Å². The molecule has 0 bridgehead atoms. The molecule has 5 nitrogen and oxygen atoms in total. The van der Waals surface area contributed by atoms with Gasteiger partial charge in [0.1, 0.15) is 5.82 Å². The molecule has 0 aliphatic carbocycles. The van der Waals surface area contributed by atoms with Crippen molar-refractivity contribution >= 4 is 27.0 Å². The molecule has 1 aromatic carbocycles. The molecule has 2 N–H and O–H groups in total. The van der Waals surface area contributed by atoms with Crippen LogP contribution in [0.25, 0.3) is 0 Å². The predicted octanol–water partition coefficient (Wildman–Crippen LogP) is 1.68. The smallest absolute Gasteiger partial charge is 0.306 e. The van der Waals surface area contributed by atoms with Gasteiger partial charge in [0.05, 0.1) is 5.69 Å². The van der Waals surface area contributed by atoms with Crippen molar-refractivity contribution in [1.29, 1.82) is 0 Å². The van der Waals surface area contributed by atoms with Crippen molar-refractivity contribution < 1.29 is 12.8 Å². The summed E-state index contributed by atoms with van der Waals surface area (Å²) in [5, 5.41) is 0. The average Bonchev–Trinajstić information content (AvgIpc) is 2.58. The summed E-state index contributed by atoms with van der Waals surface area (Å²) >= 11 is 0.589. The number of H-pyrrole nitrogens is 1. The van der Waals surface area contributed by atoms with Crippen LogP contribution in [0.2, 0.25) is 0 Å². The van der Waals surface area contributed by atoms with E-state index in [1.54, 1.807) is 0 Å². The quantitative estimate of drug-likeness (QED) is 0.902. The Kier molecular flexibility index (Phi) is 3.22. The second kappa shape index (κ2) is 4.54. The van der Waals surface area contributed by atoms with Gasteiger partial charge in [-0.1, -0.05) is 17.4 Å². The van der Waals surface area contributed by atoms with Crippen LogP contribution in [-0.2, 0) is 10.0 Å². The molecule has 0 fully saturated rings. The fourth-order valence-corrected chi connectivity index (χ4v) is 3.75. The highest BCUT2D eigenvalue weighted by molar-refractivity contribution is 7.94. The standard InChI is InChI=1S/C10H9FN2O3S2/c1-6-9(17-10(14)12-6)18(15,16)13-8-4-2-3-7(11)5-8/h2-5,13H,1H3,(H,12,14). The number of aryl methyl sites for hydroxylation is 1. The molecule has 1 heterocycles. The highest BCUT2D eigenvalue weighted by Crippen LogP contribution is 2.20. The molecule has 0 radical (unpaired) electrons. The zero-order valence-corrected chi connectivity index (χ0v) is 10.9. The van der Waals surface area contributed by atoms with E-state index in [0.717, 1.165) is 6.07 Å². The van der Waals surface area contributed by atoms with Gasteiger partial charge in [0.15, 0.2) is 4.21 Å². The van der Waals surface area contributed by atoms with Crippen molar-refractivity contribution in [3.63, 3.8) is 0 Å². The number of aromatic amines is 1. The molecule has 96 valence electrons. The third-order valence-electron chi connectivity index (χ3n) is 2.10. The molecule has 1 aromatic heterocycles. The summed E-state index contributed by atoms with van der Waals surface area (Å²) in [5.41, 5.74) is 0.365. The van der Waals surface area contributed by atoms with Crippen molar-refractivity contribution in [2.24, 2.45) is 0 Å². The number of halogens is 1. The van der Waals surface area contributed by atoms with Gasteiger partial charge in [0, 0.05) is 5.69 Å². The lowest BCUT2D eigenvalue weighted by atomic mass is 10.3. The normalized spacial score (nSPS) is 11.4. The summed E-state index contributed by atoms with van der Waals surface area (Å²) in [5.74, 6) is -0.547. The van der Waals surface area contributed by atoms with Crippen LogP contribution in [0.5, 0.6) is 0 Å². The maximum atomic E-state index is 12.9. The van der Waals surface area contributed by atoms with Gasteiger partial charge >= 0.3 is 4.87 Å². The number of nitrogens with one attached hydrogen (secondary N) is 2. The van der Waals surface area contributed by atoms with E-state index in [2.05, 4.69) is 9.71 Å². The lowest BCUT2D eigenvalue weighted by Gasteiger charge is -2.06. The first-order valence-electron chi connectivity index (χ1n) is 4.86.